The highest BCUT2D eigenvalue weighted by atomic mass is 16.5. The van der Waals surface area contributed by atoms with Crippen LogP contribution in [0.2, 0.25) is 0 Å². The molecule has 4 heteroatoms. The van der Waals surface area contributed by atoms with Gasteiger partial charge in [-0.1, -0.05) is 6.07 Å². The first kappa shape index (κ1) is 13.5. The number of ether oxygens (including phenoxy) is 1. The Morgan fingerprint density at radius 2 is 2.00 bits per heavy atom. The Balaban J connectivity index is 2.51. The third kappa shape index (κ3) is 2.57. The minimum Gasteiger partial charge on any atom is -0.496 e. The van der Waals surface area contributed by atoms with Crippen molar-refractivity contribution in [3.63, 3.8) is 0 Å². The minimum absolute atomic E-state index is 0.0757. The number of fused-ring (bicyclic) bond motifs is 1. The van der Waals surface area contributed by atoms with E-state index < -0.39 is 0 Å². The van der Waals surface area contributed by atoms with E-state index in [1.54, 1.807) is 7.11 Å². The number of amides is 1. The highest BCUT2D eigenvalue weighted by Gasteiger charge is 2.19. The van der Waals surface area contributed by atoms with Crippen LogP contribution in [0.25, 0.3) is 10.9 Å². The molecule has 102 valence electrons. The van der Waals surface area contributed by atoms with Crippen LogP contribution in [0.15, 0.2) is 24.3 Å². The number of carbonyl (C=O) groups is 1. The van der Waals surface area contributed by atoms with Gasteiger partial charge in [0.1, 0.15) is 11.4 Å². The fraction of sp³-hybridized carbons (Fsp3) is 0.400. The van der Waals surface area contributed by atoms with E-state index in [4.69, 9.17) is 4.74 Å². The van der Waals surface area contributed by atoms with Crippen molar-refractivity contribution in [2.45, 2.75) is 26.3 Å². The average molecular weight is 260 g/mol. The standard InChI is InChI=1S/C15H20N2O2/c1-15(2,3)16-14(18)12-9-10-11(17(12)4)7-6-8-13(10)19-5/h6-9H,1-5H3,(H,16,18). The summed E-state index contributed by atoms with van der Waals surface area (Å²) in [7, 11) is 3.52. The summed E-state index contributed by atoms with van der Waals surface area (Å²) in [6.45, 7) is 5.90. The number of benzene rings is 1. The van der Waals surface area contributed by atoms with E-state index in [0.29, 0.717) is 5.69 Å². The van der Waals surface area contributed by atoms with Crippen molar-refractivity contribution in [3.05, 3.63) is 30.0 Å². The summed E-state index contributed by atoms with van der Waals surface area (Å²) in [4.78, 5) is 12.3. The van der Waals surface area contributed by atoms with Gasteiger partial charge in [-0.25, -0.2) is 0 Å². The fourth-order valence-electron chi connectivity index (χ4n) is 2.13. The molecule has 0 aliphatic carbocycles. The summed E-state index contributed by atoms with van der Waals surface area (Å²) < 4.78 is 7.22. The van der Waals surface area contributed by atoms with E-state index >= 15 is 0 Å². The predicted octanol–water partition coefficient (Wildman–Crippen LogP) is 2.72. The van der Waals surface area contributed by atoms with Crippen LogP contribution in [0.3, 0.4) is 0 Å². The number of methoxy groups -OCH3 is 1. The van der Waals surface area contributed by atoms with E-state index in [0.717, 1.165) is 16.7 Å². The number of nitrogens with one attached hydrogen (secondary N) is 1. The number of aromatic nitrogens is 1. The van der Waals surface area contributed by atoms with Gasteiger partial charge in [0.2, 0.25) is 0 Å². The van der Waals surface area contributed by atoms with Crippen LogP contribution >= 0.6 is 0 Å². The van der Waals surface area contributed by atoms with E-state index in [9.17, 15) is 4.79 Å². The van der Waals surface area contributed by atoms with Gasteiger partial charge in [0.15, 0.2) is 0 Å². The van der Waals surface area contributed by atoms with E-state index in [1.807, 2.05) is 56.7 Å². The lowest BCUT2D eigenvalue weighted by atomic mass is 10.1. The first-order valence-corrected chi connectivity index (χ1v) is 6.28. The maximum absolute atomic E-state index is 12.3. The molecule has 1 aromatic carbocycles. The molecule has 0 aliphatic rings. The summed E-state index contributed by atoms with van der Waals surface area (Å²) >= 11 is 0. The Labute approximate surface area is 113 Å². The zero-order chi connectivity index (χ0) is 14.2. The second-order valence-corrected chi connectivity index (χ2v) is 5.69. The fourth-order valence-corrected chi connectivity index (χ4v) is 2.13. The van der Waals surface area contributed by atoms with Gasteiger partial charge in [-0.15, -0.1) is 0 Å². The normalized spacial score (nSPS) is 11.6. The Kier molecular flexibility index (Phi) is 3.27. The zero-order valence-corrected chi connectivity index (χ0v) is 12.1. The Hall–Kier alpha value is -1.97. The molecule has 2 rings (SSSR count). The number of nitrogens with zero attached hydrogens (tertiary/aromatic N) is 1. The smallest absolute Gasteiger partial charge is 0.268 e. The second kappa shape index (κ2) is 4.61. The van der Waals surface area contributed by atoms with Crippen molar-refractivity contribution in [1.29, 1.82) is 0 Å². The number of aryl methyl sites for hydroxylation is 1. The van der Waals surface area contributed by atoms with Gasteiger partial charge in [0, 0.05) is 18.0 Å². The second-order valence-electron chi connectivity index (χ2n) is 5.69. The van der Waals surface area contributed by atoms with Gasteiger partial charge in [0.25, 0.3) is 5.91 Å². The average Bonchev–Trinajstić information content (AvgIpc) is 2.65. The van der Waals surface area contributed by atoms with Gasteiger partial charge >= 0.3 is 0 Å². The van der Waals surface area contributed by atoms with Crippen molar-refractivity contribution in [1.82, 2.24) is 9.88 Å². The van der Waals surface area contributed by atoms with Crippen LogP contribution in [-0.4, -0.2) is 23.1 Å². The largest absolute Gasteiger partial charge is 0.496 e. The molecule has 0 radical (unpaired) electrons. The van der Waals surface area contributed by atoms with Crippen molar-refractivity contribution >= 4 is 16.8 Å². The molecule has 0 atom stereocenters. The first-order valence-electron chi connectivity index (χ1n) is 6.28. The molecule has 0 spiro atoms. The van der Waals surface area contributed by atoms with Gasteiger partial charge in [-0.3, -0.25) is 4.79 Å². The molecule has 1 heterocycles. The number of rotatable bonds is 2. The first-order chi connectivity index (χ1) is 8.83. The maximum Gasteiger partial charge on any atom is 0.268 e. The molecule has 0 saturated heterocycles. The summed E-state index contributed by atoms with van der Waals surface area (Å²) in [5, 5.41) is 3.92. The zero-order valence-electron chi connectivity index (χ0n) is 12.1. The van der Waals surface area contributed by atoms with Crippen molar-refractivity contribution < 1.29 is 9.53 Å². The molecule has 19 heavy (non-hydrogen) atoms. The predicted molar refractivity (Wildman–Crippen MR) is 76.7 cm³/mol. The van der Waals surface area contributed by atoms with Crippen molar-refractivity contribution in [2.75, 3.05) is 7.11 Å². The topological polar surface area (TPSA) is 43.3 Å². The van der Waals surface area contributed by atoms with Gasteiger partial charge in [-0.2, -0.15) is 0 Å². The lowest BCUT2D eigenvalue weighted by molar-refractivity contribution is 0.0911. The van der Waals surface area contributed by atoms with Gasteiger partial charge < -0.3 is 14.6 Å². The van der Waals surface area contributed by atoms with Crippen molar-refractivity contribution in [2.24, 2.45) is 7.05 Å². The molecule has 1 aromatic heterocycles. The molecule has 4 nitrogen and oxygen atoms in total. The highest BCUT2D eigenvalue weighted by molar-refractivity contribution is 6.00. The van der Waals surface area contributed by atoms with Crippen LogP contribution in [0.5, 0.6) is 5.75 Å². The number of carbonyl (C=O) groups excluding carboxylic acids is 1. The third-order valence-electron chi connectivity index (χ3n) is 2.99. The van der Waals surface area contributed by atoms with E-state index in [1.165, 1.54) is 0 Å². The van der Waals surface area contributed by atoms with Crippen LogP contribution in [0.4, 0.5) is 0 Å². The molecule has 0 bridgehead atoms. The molecule has 1 amide bonds. The Morgan fingerprint density at radius 3 is 2.58 bits per heavy atom. The summed E-state index contributed by atoms with van der Waals surface area (Å²) in [6.07, 6.45) is 0. The lowest BCUT2D eigenvalue weighted by Crippen LogP contribution is -2.41. The molecule has 2 aromatic rings. The molecule has 0 saturated carbocycles. The van der Waals surface area contributed by atoms with Gasteiger partial charge in [0.05, 0.1) is 12.6 Å². The number of hydrogen-bond donors (Lipinski definition) is 1. The van der Waals surface area contributed by atoms with Crippen LogP contribution in [0.1, 0.15) is 31.3 Å². The molecule has 0 aliphatic heterocycles. The molecular weight excluding hydrogens is 240 g/mol. The summed E-state index contributed by atoms with van der Waals surface area (Å²) in [5.41, 5.74) is 1.37. The van der Waals surface area contributed by atoms with Crippen LogP contribution in [-0.2, 0) is 7.05 Å². The minimum atomic E-state index is -0.252. The number of hydrogen-bond acceptors (Lipinski definition) is 2. The molecule has 0 unspecified atom stereocenters. The Bertz CT molecular complexity index is 621. The molecule has 1 N–H and O–H groups in total. The third-order valence-corrected chi connectivity index (χ3v) is 2.99. The maximum atomic E-state index is 12.3. The summed E-state index contributed by atoms with van der Waals surface area (Å²) in [6, 6.07) is 7.67. The van der Waals surface area contributed by atoms with Gasteiger partial charge in [-0.05, 0) is 39.0 Å². The van der Waals surface area contributed by atoms with Crippen molar-refractivity contribution in [3.8, 4) is 5.75 Å². The quantitative estimate of drug-likeness (QED) is 0.902. The SMILES string of the molecule is COc1cccc2c1cc(C(=O)NC(C)(C)C)n2C. The molecular formula is C15H20N2O2. The monoisotopic (exact) mass is 260 g/mol. The van der Waals surface area contributed by atoms with Crippen LogP contribution < -0.4 is 10.1 Å². The lowest BCUT2D eigenvalue weighted by Gasteiger charge is -2.20. The van der Waals surface area contributed by atoms with E-state index in [-0.39, 0.29) is 11.4 Å². The van der Waals surface area contributed by atoms with E-state index in [2.05, 4.69) is 5.32 Å². The van der Waals surface area contributed by atoms with Crippen LogP contribution in [0, 0.1) is 0 Å². The summed E-state index contributed by atoms with van der Waals surface area (Å²) in [5.74, 6) is 0.705. The molecule has 0 fully saturated rings. The highest BCUT2D eigenvalue weighted by Crippen LogP contribution is 2.28. The Morgan fingerprint density at radius 1 is 1.32 bits per heavy atom.